The van der Waals surface area contributed by atoms with Crippen molar-refractivity contribution in [3.8, 4) is 0 Å². The number of Topliss-reactive ketones (excluding diaryl/α,β-unsaturated/α-hetero) is 1. The fraction of sp³-hybridized carbons (Fsp3) is 0.261. The number of nitrogens with zero attached hydrogens (tertiary/aromatic N) is 3. The number of carbonyl (C=O) groups is 1. The molecular formula is C23H23ClF3N5O. The molecule has 3 N–H and O–H groups in total. The Hall–Kier alpha value is -3.17. The van der Waals surface area contributed by atoms with Crippen molar-refractivity contribution in [3.63, 3.8) is 0 Å². The van der Waals surface area contributed by atoms with E-state index >= 15 is 0 Å². The minimum Gasteiger partial charge on any atom is -0.383 e. The first-order valence-corrected chi connectivity index (χ1v) is 10.5. The number of piperazine rings is 1. The molecule has 174 valence electrons. The lowest BCUT2D eigenvalue weighted by atomic mass is 10.0. The number of hydrogen-bond acceptors (Lipinski definition) is 6. The zero-order valence-corrected chi connectivity index (χ0v) is 18.6. The molecule has 1 aromatic carbocycles. The topological polar surface area (TPSA) is 83.6 Å². The Balaban J connectivity index is 2.02. The van der Waals surface area contributed by atoms with Crippen LogP contribution in [-0.2, 0) is 6.18 Å². The standard InChI is InChI=1S/C23H23ClF3N5O/c1-3-5-16(22(28)29-2)21(33)20-17(23(25,26)27)8-9-19(31-20)32-11-10-30-18(13-32)14-6-4-7-15(24)12-14/h3-9,12,18,30H,2,10-11,13,28H2,1H3/b5-3-,22-16+. The number of rotatable bonds is 6. The van der Waals surface area contributed by atoms with E-state index < -0.39 is 23.2 Å². The number of anilines is 1. The van der Waals surface area contributed by atoms with E-state index in [9.17, 15) is 18.0 Å². The molecule has 2 aromatic rings. The van der Waals surface area contributed by atoms with Gasteiger partial charge in [0.15, 0.2) is 0 Å². The zero-order chi connectivity index (χ0) is 24.2. The van der Waals surface area contributed by atoms with Crippen LogP contribution in [0.5, 0.6) is 0 Å². The van der Waals surface area contributed by atoms with Gasteiger partial charge in [0.2, 0.25) is 5.78 Å². The average Bonchev–Trinajstić information content (AvgIpc) is 2.80. The van der Waals surface area contributed by atoms with Crippen LogP contribution in [0.4, 0.5) is 19.0 Å². The number of nitrogens with one attached hydrogen (secondary N) is 1. The third-order valence-corrected chi connectivity index (χ3v) is 5.41. The highest BCUT2D eigenvalue weighted by molar-refractivity contribution is 6.30. The van der Waals surface area contributed by atoms with Gasteiger partial charge in [-0.05, 0) is 43.5 Å². The molecule has 0 spiro atoms. The molecule has 1 aliphatic rings. The number of carbonyl (C=O) groups excluding carboxylic acids is 1. The zero-order valence-electron chi connectivity index (χ0n) is 17.9. The molecule has 6 nitrogen and oxygen atoms in total. The van der Waals surface area contributed by atoms with Crippen molar-refractivity contribution in [3.05, 3.63) is 81.8 Å². The van der Waals surface area contributed by atoms with Crippen molar-refractivity contribution >= 4 is 29.9 Å². The first kappa shape index (κ1) is 24.5. The molecule has 33 heavy (non-hydrogen) atoms. The molecular weight excluding hydrogens is 455 g/mol. The molecule has 1 fully saturated rings. The monoisotopic (exact) mass is 477 g/mol. The number of nitrogens with two attached hydrogens (primary N) is 1. The Bertz CT molecular complexity index is 1110. The Kier molecular flexibility index (Phi) is 7.55. The molecule has 2 heterocycles. The molecule has 1 unspecified atom stereocenters. The second kappa shape index (κ2) is 10.2. The Morgan fingerprint density at radius 2 is 2.12 bits per heavy atom. The van der Waals surface area contributed by atoms with Gasteiger partial charge in [0, 0.05) is 30.7 Å². The number of hydrogen-bond donors (Lipinski definition) is 2. The van der Waals surface area contributed by atoms with Gasteiger partial charge in [0.05, 0.1) is 11.1 Å². The smallest absolute Gasteiger partial charge is 0.383 e. The van der Waals surface area contributed by atoms with Gasteiger partial charge in [-0.1, -0.05) is 35.9 Å². The van der Waals surface area contributed by atoms with Crippen LogP contribution >= 0.6 is 11.6 Å². The fourth-order valence-electron chi connectivity index (χ4n) is 3.59. The van der Waals surface area contributed by atoms with Gasteiger partial charge in [-0.25, -0.2) is 9.98 Å². The van der Waals surface area contributed by atoms with E-state index in [0.29, 0.717) is 24.7 Å². The van der Waals surface area contributed by atoms with Crippen molar-refractivity contribution in [2.75, 3.05) is 24.5 Å². The van der Waals surface area contributed by atoms with Crippen LogP contribution in [0.15, 0.2) is 64.9 Å². The van der Waals surface area contributed by atoms with E-state index in [1.54, 1.807) is 13.0 Å². The first-order valence-electron chi connectivity index (χ1n) is 10.1. The number of pyridine rings is 1. The highest BCUT2D eigenvalue weighted by atomic mass is 35.5. The summed E-state index contributed by atoms with van der Waals surface area (Å²) in [5, 5.41) is 3.95. The number of aliphatic imine (C=N–C) groups is 1. The maximum Gasteiger partial charge on any atom is 0.418 e. The summed E-state index contributed by atoms with van der Waals surface area (Å²) in [5.41, 5.74) is 4.57. The molecule has 10 heteroatoms. The van der Waals surface area contributed by atoms with Crippen LogP contribution < -0.4 is 16.0 Å². The summed E-state index contributed by atoms with van der Waals surface area (Å²) in [6.07, 6.45) is -2.00. The van der Waals surface area contributed by atoms with Crippen molar-refractivity contribution in [2.45, 2.75) is 19.1 Å². The molecule has 1 saturated heterocycles. The highest BCUT2D eigenvalue weighted by Crippen LogP contribution is 2.34. The van der Waals surface area contributed by atoms with E-state index in [2.05, 4.69) is 22.0 Å². The van der Waals surface area contributed by atoms with Gasteiger partial charge in [-0.3, -0.25) is 4.79 Å². The molecule has 1 atom stereocenters. The molecule has 1 aliphatic heterocycles. The van der Waals surface area contributed by atoms with E-state index in [4.69, 9.17) is 17.3 Å². The summed E-state index contributed by atoms with van der Waals surface area (Å²) in [6, 6.07) is 9.38. The minimum atomic E-state index is -4.78. The van der Waals surface area contributed by atoms with Crippen LogP contribution in [0, 0.1) is 0 Å². The molecule has 0 bridgehead atoms. The number of ketones is 1. The van der Waals surface area contributed by atoms with Gasteiger partial charge in [0.25, 0.3) is 0 Å². The number of halogens is 4. The number of alkyl halides is 3. The SMILES string of the molecule is C=N/C(N)=C(\C=C/C)C(=O)c1nc(N2CCNC(c3cccc(Cl)c3)C2)ccc1C(F)(F)F. The van der Waals surface area contributed by atoms with Crippen LogP contribution in [-0.4, -0.2) is 37.1 Å². The van der Waals surface area contributed by atoms with Gasteiger partial charge < -0.3 is 16.0 Å². The summed E-state index contributed by atoms with van der Waals surface area (Å²) < 4.78 is 41.1. The van der Waals surface area contributed by atoms with Crippen LogP contribution in [0.3, 0.4) is 0 Å². The second-order valence-corrected chi connectivity index (χ2v) is 7.79. The van der Waals surface area contributed by atoms with Gasteiger partial charge in [-0.15, -0.1) is 0 Å². The van der Waals surface area contributed by atoms with Crippen molar-refractivity contribution in [1.29, 1.82) is 0 Å². The molecule has 0 saturated carbocycles. The summed E-state index contributed by atoms with van der Waals surface area (Å²) in [6.45, 7) is 6.36. The summed E-state index contributed by atoms with van der Waals surface area (Å²) in [5.74, 6) is -1.000. The van der Waals surface area contributed by atoms with Gasteiger partial charge in [-0.2, -0.15) is 13.2 Å². The third-order valence-electron chi connectivity index (χ3n) is 5.18. The van der Waals surface area contributed by atoms with Crippen molar-refractivity contribution < 1.29 is 18.0 Å². The second-order valence-electron chi connectivity index (χ2n) is 7.36. The highest BCUT2D eigenvalue weighted by Gasteiger charge is 2.37. The number of allylic oxidation sites excluding steroid dienone is 3. The van der Waals surface area contributed by atoms with E-state index in [0.717, 1.165) is 11.6 Å². The molecule has 3 rings (SSSR count). The number of benzene rings is 1. The maximum atomic E-state index is 13.7. The van der Waals surface area contributed by atoms with Crippen LogP contribution in [0.2, 0.25) is 5.02 Å². The van der Waals surface area contributed by atoms with E-state index in [1.807, 2.05) is 23.1 Å². The Morgan fingerprint density at radius 3 is 2.76 bits per heavy atom. The Labute approximate surface area is 194 Å². The van der Waals surface area contributed by atoms with Crippen molar-refractivity contribution in [1.82, 2.24) is 10.3 Å². The quantitative estimate of drug-likeness (QED) is 0.276. The van der Waals surface area contributed by atoms with Gasteiger partial charge in [0.1, 0.15) is 17.3 Å². The summed E-state index contributed by atoms with van der Waals surface area (Å²) >= 11 is 6.10. The summed E-state index contributed by atoms with van der Waals surface area (Å²) in [7, 11) is 0. The Morgan fingerprint density at radius 1 is 1.36 bits per heavy atom. The predicted octanol–water partition coefficient (Wildman–Crippen LogP) is 4.53. The van der Waals surface area contributed by atoms with E-state index in [1.165, 1.54) is 18.2 Å². The van der Waals surface area contributed by atoms with Crippen LogP contribution in [0.1, 0.15) is 34.6 Å². The first-order chi connectivity index (χ1) is 15.7. The molecule has 0 amide bonds. The number of aromatic nitrogens is 1. The third kappa shape index (κ3) is 5.61. The van der Waals surface area contributed by atoms with Crippen molar-refractivity contribution in [2.24, 2.45) is 10.7 Å². The lowest BCUT2D eigenvalue weighted by molar-refractivity contribution is -0.138. The molecule has 1 aromatic heterocycles. The van der Waals surface area contributed by atoms with Crippen LogP contribution in [0.25, 0.3) is 0 Å². The largest absolute Gasteiger partial charge is 0.418 e. The molecule has 0 radical (unpaired) electrons. The van der Waals surface area contributed by atoms with E-state index in [-0.39, 0.29) is 23.3 Å². The lowest BCUT2D eigenvalue weighted by Crippen LogP contribution is -2.46. The predicted molar refractivity (Wildman–Crippen MR) is 124 cm³/mol. The fourth-order valence-corrected chi connectivity index (χ4v) is 3.79. The average molecular weight is 478 g/mol. The molecule has 0 aliphatic carbocycles. The maximum absolute atomic E-state index is 13.7. The minimum absolute atomic E-state index is 0.111. The van der Waals surface area contributed by atoms with Gasteiger partial charge >= 0.3 is 6.18 Å². The normalized spacial score (nSPS) is 17.7. The lowest BCUT2D eigenvalue weighted by Gasteiger charge is -2.35. The summed E-state index contributed by atoms with van der Waals surface area (Å²) in [4.78, 5) is 22.6.